The van der Waals surface area contributed by atoms with Crippen molar-refractivity contribution in [1.82, 2.24) is 4.98 Å². The fourth-order valence-electron chi connectivity index (χ4n) is 2.81. The molecule has 10 heteroatoms. The third kappa shape index (κ3) is 4.78. The maximum atomic E-state index is 12.9. The minimum absolute atomic E-state index is 0.0429. The minimum atomic E-state index is -0.608. The summed E-state index contributed by atoms with van der Waals surface area (Å²) in [4.78, 5) is 17.1. The van der Waals surface area contributed by atoms with Gasteiger partial charge in [0.05, 0.1) is 33.4 Å². The summed E-state index contributed by atoms with van der Waals surface area (Å²) in [6, 6.07) is 12.1. The first-order valence-corrected chi connectivity index (χ1v) is 10.6. The van der Waals surface area contributed by atoms with Gasteiger partial charge in [0.15, 0.2) is 0 Å². The van der Waals surface area contributed by atoms with Gasteiger partial charge in [-0.3, -0.25) is 4.79 Å². The van der Waals surface area contributed by atoms with Gasteiger partial charge in [0.2, 0.25) is 5.91 Å². The van der Waals surface area contributed by atoms with Crippen molar-refractivity contribution < 1.29 is 9.21 Å². The van der Waals surface area contributed by atoms with E-state index in [1.807, 2.05) is 13.0 Å². The topological polar surface area (TPSA) is 129 Å². The molecule has 1 atom stereocenters. The van der Waals surface area contributed by atoms with Crippen LogP contribution < -0.4 is 11.1 Å². The summed E-state index contributed by atoms with van der Waals surface area (Å²) in [6.07, 6.45) is 1.86. The first-order valence-electron chi connectivity index (χ1n) is 8.99. The van der Waals surface area contributed by atoms with Crippen LogP contribution in [0.2, 0.25) is 10.0 Å². The van der Waals surface area contributed by atoms with Crippen molar-refractivity contribution in [2.24, 2.45) is 0 Å². The summed E-state index contributed by atoms with van der Waals surface area (Å²) in [7, 11) is 0. The zero-order chi connectivity index (χ0) is 22.5. The number of anilines is 2. The maximum absolute atomic E-state index is 12.9. The number of nitrogen functional groups attached to an aromatic ring is 1. The first kappa shape index (κ1) is 22.5. The van der Waals surface area contributed by atoms with Gasteiger partial charge in [-0.1, -0.05) is 41.9 Å². The third-order valence-corrected chi connectivity index (χ3v) is 6.19. The number of benzene rings is 1. The lowest BCUT2D eigenvalue weighted by atomic mass is 10.0. The Morgan fingerprint density at radius 2 is 2.03 bits per heavy atom. The van der Waals surface area contributed by atoms with E-state index in [0.717, 1.165) is 11.8 Å². The molecule has 3 rings (SSSR count). The second-order valence-electron chi connectivity index (χ2n) is 6.26. The number of furan rings is 1. The van der Waals surface area contributed by atoms with E-state index in [1.54, 1.807) is 24.3 Å². The van der Waals surface area contributed by atoms with Gasteiger partial charge in [-0.05, 0) is 36.8 Å². The molecule has 2 heterocycles. The average molecular weight is 472 g/mol. The van der Waals surface area contributed by atoms with Gasteiger partial charge in [0, 0.05) is 5.02 Å². The maximum Gasteiger partial charge on any atom is 0.237 e. The van der Waals surface area contributed by atoms with Crippen molar-refractivity contribution >= 4 is 52.4 Å². The van der Waals surface area contributed by atoms with Crippen LogP contribution in [-0.2, 0) is 4.79 Å². The molecular weight excluding hydrogens is 457 g/mol. The lowest BCUT2D eigenvalue weighted by molar-refractivity contribution is -0.115. The van der Waals surface area contributed by atoms with Crippen LogP contribution in [0.25, 0.3) is 11.3 Å². The number of carbonyl (C=O) groups is 1. The Hall–Kier alpha value is -3.17. The molecule has 3 aromatic rings. The average Bonchev–Trinajstić information content (AvgIpc) is 3.27. The molecule has 0 spiro atoms. The molecule has 0 saturated heterocycles. The van der Waals surface area contributed by atoms with Gasteiger partial charge in [0.25, 0.3) is 0 Å². The lowest BCUT2D eigenvalue weighted by Crippen LogP contribution is -2.25. The number of carbonyl (C=O) groups excluding carboxylic acids is 1. The molecule has 1 amide bonds. The van der Waals surface area contributed by atoms with Gasteiger partial charge in [-0.25, -0.2) is 4.98 Å². The van der Waals surface area contributed by atoms with E-state index in [-0.39, 0.29) is 33.4 Å². The van der Waals surface area contributed by atoms with Crippen molar-refractivity contribution in [3.63, 3.8) is 0 Å². The molecular formula is C21H15Cl2N5O2S. The Balaban J connectivity index is 1.97. The van der Waals surface area contributed by atoms with E-state index in [0.29, 0.717) is 27.9 Å². The molecule has 1 aromatic carbocycles. The first-order chi connectivity index (χ1) is 14.9. The highest BCUT2D eigenvalue weighted by Crippen LogP contribution is 2.38. The normalized spacial score (nSPS) is 11.4. The summed E-state index contributed by atoms with van der Waals surface area (Å²) in [5.41, 5.74) is 6.81. The molecule has 7 nitrogen and oxygen atoms in total. The number of rotatable bonds is 6. The van der Waals surface area contributed by atoms with E-state index < -0.39 is 5.25 Å². The Labute approximate surface area is 192 Å². The van der Waals surface area contributed by atoms with Crippen LogP contribution in [0.1, 0.15) is 24.5 Å². The highest BCUT2D eigenvalue weighted by atomic mass is 35.5. The van der Waals surface area contributed by atoms with Crippen molar-refractivity contribution in [2.45, 2.75) is 23.6 Å². The van der Waals surface area contributed by atoms with Crippen LogP contribution in [0.15, 0.2) is 46.0 Å². The number of hydrogen-bond donors (Lipinski definition) is 2. The van der Waals surface area contributed by atoms with Crippen molar-refractivity contribution in [3.05, 3.63) is 57.8 Å². The number of nitrogens with one attached hydrogen (secondary N) is 1. The van der Waals surface area contributed by atoms with Crippen LogP contribution in [-0.4, -0.2) is 16.1 Å². The number of nitriles is 2. The van der Waals surface area contributed by atoms with E-state index >= 15 is 0 Å². The highest BCUT2D eigenvalue weighted by Gasteiger charge is 2.26. The van der Waals surface area contributed by atoms with Crippen molar-refractivity contribution in [1.29, 1.82) is 10.5 Å². The molecule has 31 heavy (non-hydrogen) atoms. The molecule has 2 aromatic heterocycles. The lowest BCUT2D eigenvalue weighted by Gasteiger charge is -2.17. The SMILES string of the molecule is CCC(Sc1nc(N)c(C#N)c(-c2ccco2)c1C#N)C(=O)Nc1ccc(Cl)cc1Cl. The predicted molar refractivity (Wildman–Crippen MR) is 121 cm³/mol. The summed E-state index contributed by atoms with van der Waals surface area (Å²) in [6.45, 7) is 1.83. The summed E-state index contributed by atoms with van der Waals surface area (Å²) >= 11 is 13.1. The van der Waals surface area contributed by atoms with E-state index in [1.165, 1.54) is 12.3 Å². The Bertz CT molecular complexity index is 1220. The molecule has 0 aliphatic carbocycles. The number of hydrogen-bond acceptors (Lipinski definition) is 7. The zero-order valence-electron chi connectivity index (χ0n) is 16.1. The highest BCUT2D eigenvalue weighted by molar-refractivity contribution is 8.00. The molecule has 0 fully saturated rings. The molecule has 156 valence electrons. The van der Waals surface area contributed by atoms with Gasteiger partial charge in [-0.15, -0.1) is 0 Å². The summed E-state index contributed by atoms with van der Waals surface area (Å²) < 4.78 is 5.40. The second kappa shape index (κ2) is 9.76. The molecule has 0 aliphatic heterocycles. The number of nitrogens with two attached hydrogens (primary N) is 1. The van der Waals surface area contributed by atoms with Crippen LogP contribution in [0.4, 0.5) is 11.5 Å². The molecule has 0 bridgehead atoms. The Kier molecular flexibility index (Phi) is 7.09. The smallest absolute Gasteiger partial charge is 0.237 e. The third-order valence-electron chi connectivity index (χ3n) is 4.29. The van der Waals surface area contributed by atoms with Gasteiger partial charge in [-0.2, -0.15) is 10.5 Å². The van der Waals surface area contributed by atoms with Crippen LogP contribution in [0.5, 0.6) is 0 Å². The molecule has 0 aliphatic rings. The molecule has 3 N–H and O–H groups in total. The van der Waals surface area contributed by atoms with Gasteiger partial charge < -0.3 is 15.5 Å². The van der Waals surface area contributed by atoms with Gasteiger partial charge in [0.1, 0.15) is 34.3 Å². The summed E-state index contributed by atoms with van der Waals surface area (Å²) in [5, 5.41) is 22.5. The summed E-state index contributed by atoms with van der Waals surface area (Å²) in [5.74, 6) is -0.0641. The van der Waals surface area contributed by atoms with E-state index in [2.05, 4.69) is 16.4 Å². The van der Waals surface area contributed by atoms with Crippen LogP contribution in [0.3, 0.4) is 0 Å². The Morgan fingerprint density at radius 3 is 2.61 bits per heavy atom. The second-order valence-corrected chi connectivity index (χ2v) is 8.29. The number of amides is 1. The largest absolute Gasteiger partial charge is 0.464 e. The predicted octanol–water partition coefficient (Wildman–Crippen LogP) is 5.48. The monoisotopic (exact) mass is 471 g/mol. The molecule has 0 radical (unpaired) electrons. The molecule has 1 unspecified atom stereocenters. The van der Waals surface area contributed by atoms with Crippen LogP contribution >= 0.6 is 35.0 Å². The van der Waals surface area contributed by atoms with E-state index in [4.69, 9.17) is 33.4 Å². The Morgan fingerprint density at radius 1 is 1.29 bits per heavy atom. The zero-order valence-corrected chi connectivity index (χ0v) is 18.5. The number of pyridine rings is 1. The fourth-order valence-corrected chi connectivity index (χ4v) is 4.29. The molecule has 0 saturated carbocycles. The number of halogens is 2. The van der Waals surface area contributed by atoms with Gasteiger partial charge >= 0.3 is 0 Å². The van der Waals surface area contributed by atoms with Crippen molar-refractivity contribution in [3.8, 4) is 23.5 Å². The van der Waals surface area contributed by atoms with E-state index in [9.17, 15) is 15.3 Å². The number of nitrogens with zero attached hydrogens (tertiary/aromatic N) is 3. The number of aromatic nitrogens is 1. The fraction of sp³-hybridized carbons (Fsp3) is 0.143. The minimum Gasteiger partial charge on any atom is -0.464 e. The van der Waals surface area contributed by atoms with Crippen LogP contribution in [0, 0.1) is 22.7 Å². The standard InChI is InChI=1S/C21H15Cl2N5O2S/c1-2-17(20(29)27-15-6-5-11(22)8-14(15)23)31-21-13(10-25)18(16-4-3-7-30-16)12(9-24)19(26)28-21/h3-8,17H,2H2,1H3,(H2,26,28)(H,27,29). The number of thioether (sulfide) groups is 1. The quantitative estimate of drug-likeness (QED) is 0.454. The van der Waals surface area contributed by atoms with Crippen molar-refractivity contribution in [2.75, 3.05) is 11.1 Å².